The second-order valence-corrected chi connectivity index (χ2v) is 6.70. The van der Waals surface area contributed by atoms with Gasteiger partial charge in [0, 0.05) is 12.6 Å². The molecular formula is C15H30N2O. The maximum absolute atomic E-state index is 10.5. The summed E-state index contributed by atoms with van der Waals surface area (Å²) < 4.78 is 0. The Bertz CT molecular complexity index is 271. The Morgan fingerprint density at radius 2 is 2.11 bits per heavy atom. The molecule has 4 atom stereocenters. The van der Waals surface area contributed by atoms with Gasteiger partial charge in [-0.2, -0.15) is 0 Å². The quantitative estimate of drug-likeness (QED) is 0.806. The SMILES string of the molecule is CC1CCN(CCC2CCCC2(O)CN)C(C)C1. The fourth-order valence-corrected chi connectivity index (χ4v) is 3.92. The molecule has 3 N–H and O–H groups in total. The molecule has 1 aliphatic carbocycles. The summed E-state index contributed by atoms with van der Waals surface area (Å²) in [5.41, 5.74) is 5.19. The summed E-state index contributed by atoms with van der Waals surface area (Å²) in [6, 6.07) is 0.709. The zero-order valence-corrected chi connectivity index (χ0v) is 12.1. The topological polar surface area (TPSA) is 49.5 Å². The monoisotopic (exact) mass is 254 g/mol. The smallest absolute Gasteiger partial charge is 0.0797 e. The van der Waals surface area contributed by atoms with E-state index in [9.17, 15) is 5.11 Å². The van der Waals surface area contributed by atoms with Crippen LogP contribution in [0.4, 0.5) is 0 Å². The van der Waals surface area contributed by atoms with Crippen LogP contribution in [-0.2, 0) is 0 Å². The Labute approximate surface area is 112 Å². The van der Waals surface area contributed by atoms with Crippen LogP contribution in [-0.4, -0.2) is 41.3 Å². The van der Waals surface area contributed by atoms with Crippen molar-refractivity contribution in [3.63, 3.8) is 0 Å². The van der Waals surface area contributed by atoms with Gasteiger partial charge in [0.15, 0.2) is 0 Å². The summed E-state index contributed by atoms with van der Waals surface area (Å²) >= 11 is 0. The summed E-state index contributed by atoms with van der Waals surface area (Å²) in [6.07, 6.45) is 6.98. The largest absolute Gasteiger partial charge is 0.388 e. The fraction of sp³-hybridized carbons (Fsp3) is 1.00. The number of nitrogens with zero attached hydrogens (tertiary/aromatic N) is 1. The van der Waals surface area contributed by atoms with Crippen molar-refractivity contribution in [1.29, 1.82) is 0 Å². The number of hydrogen-bond donors (Lipinski definition) is 2. The van der Waals surface area contributed by atoms with Gasteiger partial charge >= 0.3 is 0 Å². The van der Waals surface area contributed by atoms with Crippen LogP contribution in [0.15, 0.2) is 0 Å². The fourth-order valence-electron chi connectivity index (χ4n) is 3.92. The first-order chi connectivity index (χ1) is 8.55. The molecule has 0 aromatic rings. The lowest BCUT2D eigenvalue weighted by molar-refractivity contribution is 0.000940. The predicted molar refractivity (Wildman–Crippen MR) is 75.4 cm³/mol. The molecule has 0 spiro atoms. The molecule has 3 heteroatoms. The standard InChI is InChI=1S/C15H30N2O/c1-12-5-8-17(13(2)10-12)9-6-14-4-3-7-15(14,18)11-16/h12-14,18H,3-11,16H2,1-2H3. The minimum absolute atomic E-state index is 0.425. The van der Waals surface area contributed by atoms with Crippen LogP contribution in [0.3, 0.4) is 0 Å². The Balaban J connectivity index is 1.81. The molecule has 2 aliphatic rings. The highest BCUT2D eigenvalue weighted by atomic mass is 16.3. The Kier molecular flexibility index (Phi) is 4.68. The molecular weight excluding hydrogens is 224 g/mol. The molecule has 4 unspecified atom stereocenters. The van der Waals surface area contributed by atoms with Crippen molar-refractivity contribution in [2.45, 2.75) is 64.0 Å². The van der Waals surface area contributed by atoms with Gasteiger partial charge in [0.25, 0.3) is 0 Å². The van der Waals surface area contributed by atoms with Crippen molar-refractivity contribution < 1.29 is 5.11 Å². The van der Waals surface area contributed by atoms with Gasteiger partial charge < -0.3 is 15.7 Å². The molecule has 0 bridgehead atoms. The molecule has 2 fully saturated rings. The van der Waals surface area contributed by atoms with Gasteiger partial charge in [-0.15, -0.1) is 0 Å². The number of nitrogens with two attached hydrogens (primary N) is 1. The van der Waals surface area contributed by atoms with E-state index in [0.29, 0.717) is 18.5 Å². The summed E-state index contributed by atoms with van der Waals surface area (Å²) in [4.78, 5) is 2.61. The van der Waals surface area contributed by atoms with Gasteiger partial charge in [-0.05, 0) is 64.0 Å². The molecule has 2 rings (SSSR count). The van der Waals surface area contributed by atoms with Gasteiger partial charge in [0.2, 0.25) is 0 Å². The lowest BCUT2D eigenvalue weighted by Gasteiger charge is -2.38. The summed E-state index contributed by atoms with van der Waals surface area (Å²) in [5, 5.41) is 10.5. The summed E-state index contributed by atoms with van der Waals surface area (Å²) in [7, 11) is 0. The van der Waals surface area contributed by atoms with Crippen molar-refractivity contribution in [3.8, 4) is 0 Å². The molecule has 0 aromatic heterocycles. The molecule has 1 aliphatic heterocycles. The summed E-state index contributed by atoms with van der Waals surface area (Å²) in [6.45, 7) is 7.51. The Morgan fingerprint density at radius 3 is 2.78 bits per heavy atom. The first-order valence-electron chi connectivity index (χ1n) is 7.71. The average molecular weight is 254 g/mol. The zero-order chi connectivity index (χ0) is 13.2. The number of aliphatic hydroxyl groups is 1. The van der Waals surface area contributed by atoms with E-state index >= 15 is 0 Å². The van der Waals surface area contributed by atoms with Crippen molar-refractivity contribution in [1.82, 2.24) is 4.90 Å². The third-order valence-electron chi connectivity index (χ3n) is 5.32. The third-order valence-corrected chi connectivity index (χ3v) is 5.32. The molecule has 1 saturated carbocycles. The minimum Gasteiger partial charge on any atom is -0.388 e. The van der Waals surface area contributed by atoms with E-state index in [-0.39, 0.29) is 0 Å². The molecule has 1 heterocycles. The van der Waals surface area contributed by atoms with Crippen LogP contribution in [0.5, 0.6) is 0 Å². The third kappa shape index (κ3) is 3.06. The lowest BCUT2D eigenvalue weighted by atomic mass is 9.87. The molecule has 0 aromatic carbocycles. The van der Waals surface area contributed by atoms with Crippen LogP contribution < -0.4 is 5.73 Å². The van der Waals surface area contributed by atoms with E-state index in [1.807, 2.05) is 0 Å². The van der Waals surface area contributed by atoms with E-state index in [4.69, 9.17) is 5.73 Å². The highest BCUT2D eigenvalue weighted by Crippen LogP contribution is 2.37. The molecule has 18 heavy (non-hydrogen) atoms. The average Bonchev–Trinajstić information content (AvgIpc) is 2.71. The molecule has 0 amide bonds. The van der Waals surface area contributed by atoms with Gasteiger partial charge in [0.05, 0.1) is 5.60 Å². The lowest BCUT2D eigenvalue weighted by Crippen LogP contribution is -2.45. The number of piperidine rings is 1. The van der Waals surface area contributed by atoms with Crippen LogP contribution in [0.1, 0.15) is 52.4 Å². The van der Waals surface area contributed by atoms with Gasteiger partial charge in [-0.25, -0.2) is 0 Å². The highest BCUT2D eigenvalue weighted by Gasteiger charge is 2.39. The van der Waals surface area contributed by atoms with Gasteiger partial charge in [-0.1, -0.05) is 13.3 Å². The van der Waals surface area contributed by atoms with Crippen LogP contribution in [0.2, 0.25) is 0 Å². The van der Waals surface area contributed by atoms with Crippen molar-refractivity contribution in [2.24, 2.45) is 17.6 Å². The predicted octanol–water partition coefficient (Wildman–Crippen LogP) is 1.99. The molecule has 0 radical (unpaired) electrons. The normalized spacial score (nSPS) is 42.3. The summed E-state index contributed by atoms with van der Waals surface area (Å²) in [5.74, 6) is 1.30. The maximum Gasteiger partial charge on any atom is 0.0797 e. The highest BCUT2D eigenvalue weighted by molar-refractivity contribution is 4.93. The van der Waals surface area contributed by atoms with E-state index in [0.717, 1.165) is 38.1 Å². The first kappa shape index (κ1) is 14.3. The Hall–Kier alpha value is -0.120. The van der Waals surface area contributed by atoms with Gasteiger partial charge in [-0.3, -0.25) is 0 Å². The molecule has 106 valence electrons. The zero-order valence-electron chi connectivity index (χ0n) is 12.1. The van der Waals surface area contributed by atoms with Crippen LogP contribution in [0.25, 0.3) is 0 Å². The maximum atomic E-state index is 10.5. The van der Waals surface area contributed by atoms with Crippen molar-refractivity contribution in [3.05, 3.63) is 0 Å². The van der Waals surface area contributed by atoms with Crippen LogP contribution >= 0.6 is 0 Å². The van der Waals surface area contributed by atoms with Crippen molar-refractivity contribution >= 4 is 0 Å². The second-order valence-electron chi connectivity index (χ2n) is 6.70. The number of rotatable bonds is 4. The molecule has 1 saturated heterocycles. The minimum atomic E-state index is -0.563. The number of hydrogen-bond acceptors (Lipinski definition) is 3. The van der Waals surface area contributed by atoms with E-state index in [2.05, 4.69) is 18.7 Å². The van der Waals surface area contributed by atoms with E-state index in [1.54, 1.807) is 0 Å². The van der Waals surface area contributed by atoms with E-state index < -0.39 is 5.60 Å². The van der Waals surface area contributed by atoms with Crippen molar-refractivity contribution in [2.75, 3.05) is 19.6 Å². The van der Waals surface area contributed by atoms with E-state index in [1.165, 1.54) is 19.4 Å². The molecule has 3 nitrogen and oxygen atoms in total. The van der Waals surface area contributed by atoms with Gasteiger partial charge in [0.1, 0.15) is 0 Å². The Morgan fingerprint density at radius 1 is 1.33 bits per heavy atom. The first-order valence-corrected chi connectivity index (χ1v) is 7.71. The number of likely N-dealkylation sites (tertiary alicyclic amines) is 1. The van der Waals surface area contributed by atoms with Crippen LogP contribution in [0, 0.1) is 11.8 Å². The second kappa shape index (κ2) is 5.89.